The van der Waals surface area contributed by atoms with Crippen LogP contribution in [0.25, 0.3) is 0 Å². The molecule has 0 aromatic rings. The SMILES string of the molecule is CC(C1(O)C2CCCCC21)S(C)(=O)=O. The molecule has 1 N–H and O–H groups in total. The van der Waals surface area contributed by atoms with Crippen LogP contribution in [0.1, 0.15) is 32.6 Å². The van der Waals surface area contributed by atoms with E-state index in [-0.39, 0.29) is 11.8 Å². The maximum atomic E-state index is 11.4. The number of fused-ring (bicyclic) bond motifs is 1. The van der Waals surface area contributed by atoms with Crippen molar-refractivity contribution in [2.75, 3.05) is 6.26 Å². The number of rotatable bonds is 2. The number of sulfone groups is 1. The lowest BCUT2D eigenvalue weighted by molar-refractivity contribution is 0.117. The molecule has 3 unspecified atom stereocenters. The van der Waals surface area contributed by atoms with Gasteiger partial charge in [-0.3, -0.25) is 0 Å². The number of hydrogen-bond donors (Lipinski definition) is 1. The molecule has 14 heavy (non-hydrogen) atoms. The fourth-order valence-electron chi connectivity index (χ4n) is 3.09. The Labute approximate surface area is 85.4 Å². The normalized spacial score (nSPS) is 44.2. The lowest BCUT2D eigenvalue weighted by Gasteiger charge is -2.18. The Balaban J connectivity index is 2.19. The molecule has 0 aromatic heterocycles. The second kappa shape index (κ2) is 2.95. The zero-order chi connectivity index (χ0) is 10.6. The van der Waals surface area contributed by atoms with Gasteiger partial charge in [-0.2, -0.15) is 0 Å². The van der Waals surface area contributed by atoms with Gasteiger partial charge in [0.15, 0.2) is 9.84 Å². The molecule has 82 valence electrons. The monoisotopic (exact) mass is 218 g/mol. The fourth-order valence-corrected chi connectivity index (χ4v) is 4.12. The summed E-state index contributed by atoms with van der Waals surface area (Å²) < 4.78 is 22.8. The summed E-state index contributed by atoms with van der Waals surface area (Å²) in [6, 6.07) is 0. The molecule has 0 saturated heterocycles. The van der Waals surface area contributed by atoms with E-state index >= 15 is 0 Å². The number of aliphatic hydroxyl groups is 1. The zero-order valence-electron chi connectivity index (χ0n) is 8.73. The molecule has 2 saturated carbocycles. The highest BCUT2D eigenvalue weighted by molar-refractivity contribution is 7.91. The van der Waals surface area contributed by atoms with Crippen LogP contribution in [0.4, 0.5) is 0 Å². The molecule has 0 spiro atoms. The van der Waals surface area contributed by atoms with Crippen LogP contribution in [0.5, 0.6) is 0 Å². The van der Waals surface area contributed by atoms with Crippen molar-refractivity contribution >= 4 is 9.84 Å². The molecule has 2 fully saturated rings. The quantitative estimate of drug-likeness (QED) is 0.751. The van der Waals surface area contributed by atoms with Gasteiger partial charge >= 0.3 is 0 Å². The summed E-state index contributed by atoms with van der Waals surface area (Å²) in [6.45, 7) is 1.65. The van der Waals surface area contributed by atoms with E-state index in [1.807, 2.05) is 0 Å². The van der Waals surface area contributed by atoms with Crippen molar-refractivity contribution in [3.05, 3.63) is 0 Å². The highest BCUT2D eigenvalue weighted by Crippen LogP contribution is 2.61. The topological polar surface area (TPSA) is 54.4 Å². The van der Waals surface area contributed by atoms with Crippen LogP contribution >= 0.6 is 0 Å². The molecule has 0 heterocycles. The molecule has 4 heteroatoms. The molecule has 3 atom stereocenters. The van der Waals surface area contributed by atoms with Crippen molar-refractivity contribution in [3.8, 4) is 0 Å². The second-order valence-corrected chi connectivity index (χ2v) is 7.22. The zero-order valence-corrected chi connectivity index (χ0v) is 9.55. The summed E-state index contributed by atoms with van der Waals surface area (Å²) in [5.41, 5.74) is -0.899. The summed E-state index contributed by atoms with van der Waals surface area (Å²) in [5.74, 6) is 0.502. The predicted octanol–water partition coefficient (Wildman–Crippen LogP) is 0.971. The van der Waals surface area contributed by atoms with Crippen LogP contribution in [0, 0.1) is 11.8 Å². The predicted molar refractivity (Wildman–Crippen MR) is 54.7 cm³/mol. The van der Waals surface area contributed by atoms with E-state index in [2.05, 4.69) is 0 Å². The van der Waals surface area contributed by atoms with Gasteiger partial charge in [0.2, 0.25) is 0 Å². The first-order valence-electron chi connectivity index (χ1n) is 5.29. The van der Waals surface area contributed by atoms with E-state index in [9.17, 15) is 13.5 Å². The van der Waals surface area contributed by atoms with Crippen molar-refractivity contribution < 1.29 is 13.5 Å². The van der Waals surface area contributed by atoms with E-state index in [1.54, 1.807) is 6.92 Å². The lowest BCUT2D eigenvalue weighted by Crippen LogP contribution is -2.35. The molecular weight excluding hydrogens is 200 g/mol. The van der Waals surface area contributed by atoms with E-state index in [4.69, 9.17) is 0 Å². The molecule has 2 aliphatic carbocycles. The van der Waals surface area contributed by atoms with Gasteiger partial charge in [-0.1, -0.05) is 12.8 Å². The van der Waals surface area contributed by atoms with Crippen LogP contribution in [0.2, 0.25) is 0 Å². The van der Waals surface area contributed by atoms with Gasteiger partial charge in [0.1, 0.15) is 0 Å². The van der Waals surface area contributed by atoms with Crippen LogP contribution in [-0.4, -0.2) is 30.6 Å². The highest BCUT2D eigenvalue weighted by Gasteiger charge is 2.68. The minimum Gasteiger partial charge on any atom is -0.388 e. The summed E-state index contributed by atoms with van der Waals surface area (Å²) in [6.07, 6.45) is 5.50. The first-order chi connectivity index (χ1) is 6.38. The van der Waals surface area contributed by atoms with E-state index in [1.165, 1.54) is 6.26 Å². The van der Waals surface area contributed by atoms with Gasteiger partial charge in [0, 0.05) is 6.26 Å². The third-order valence-corrected chi connectivity index (χ3v) is 5.80. The summed E-state index contributed by atoms with van der Waals surface area (Å²) in [7, 11) is -3.11. The average Bonchev–Trinajstić information content (AvgIpc) is 2.72. The lowest BCUT2D eigenvalue weighted by atomic mass is 10.0. The Hall–Kier alpha value is -0.0900. The van der Waals surface area contributed by atoms with Gasteiger partial charge in [0.05, 0.1) is 10.9 Å². The maximum Gasteiger partial charge on any atom is 0.152 e. The fraction of sp³-hybridized carbons (Fsp3) is 1.00. The Morgan fingerprint density at radius 2 is 1.71 bits per heavy atom. The Bertz CT molecular complexity index is 321. The van der Waals surface area contributed by atoms with E-state index < -0.39 is 20.7 Å². The van der Waals surface area contributed by atoms with Gasteiger partial charge in [0.25, 0.3) is 0 Å². The molecule has 0 aliphatic heterocycles. The maximum absolute atomic E-state index is 11.4. The molecule has 0 amide bonds. The summed E-state index contributed by atoms with van der Waals surface area (Å²) in [5, 5.41) is 9.72. The third kappa shape index (κ3) is 1.31. The van der Waals surface area contributed by atoms with Crippen LogP contribution in [-0.2, 0) is 9.84 Å². The van der Waals surface area contributed by atoms with Gasteiger partial charge in [-0.05, 0) is 31.6 Å². The van der Waals surface area contributed by atoms with Gasteiger partial charge in [-0.15, -0.1) is 0 Å². The smallest absolute Gasteiger partial charge is 0.152 e. The van der Waals surface area contributed by atoms with Crippen LogP contribution in [0.3, 0.4) is 0 Å². The van der Waals surface area contributed by atoms with Crippen molar-refractivity contribution in [3.63, 3.8) is 0 Å². The summed E-state index contributed by atoms with van der Waals surface area (Å²) in [4.78, 5) is 0. The van der Waals surface area contributed by atoms with Crippen molar-refractivity contribution in [1.29, 1.82) is 0 Å². The van der Waals surface area contributed by atoms with Crippen molar-refractivity contribution in [2.24, 2.45) is 11.8 Å². The molecule has 2 rings (SSSR count). The standard InChI is InChI=1S/C10H18O3S/c1-7(14(2,12)13)10(11)8-5-3-4-6-9(8)10/h7-9,11H,3-6H2,1-2H3. The first-order valence-corrected chi connectivity index (χ1v) is 7.25. The van der Waals surface area contributed by atoms with Crippen molar-refractivity contribution in [2.45, 2.75) is 43.5 Å². The minimum absolute atomic E-state index is 0.251. The second-order valence-electron chi connectivity index (χ2n) is 4.86. The third-order valence-electron chi connectivity index (χ3n) is 4.14. The molecular formula is C10H18O3S. The first kappa shape index (κ1) is 10.4. The highest BCUT2D eigenvalue weighted by atomic mass is 32.2. The molecule has 0 bridgehead atoms. The van der Waals surface area contributed by atoms with Crippen LogP contribution in [0.15, 0.2) is 0 Å². The van der Waals surface area contributed by atoms with E-state index in [0.29, 0.717) is 0 Å². The Morgan fingerprint density at radius 3 is 2.07 bits per heavy atom. The Morgan fingerprint density at radius 1 is 1.29 bits per heavy atom. The average molecular weight is 218 g/mol. The van der Waals surface area contributed by atoms with Gasteiger partial charge < -0.3 is 5.11 Å². The van der Waals surface area contributed by atoms with E-state index in [0.717, 1.165) is 25.7 Å². The molecule has 3 nitrogen and oxygen atoms in total. The molecule has 0 aromatic carbocycles. The Kier molecular flexibility index (Phi) is 2.20. The number of hydrogen-bond acceptors (Lipinski definition) is 3. The minimum atomic E-state index is -3.11. The molecule has 0 radical (unpaired) electrons. The molecule has 2 aliphatic rings. The van der Waals surface area contributed by atoms with Crippen LogP contribution < -0.4 is 0 Å². The summed E-state index contributed by atoms with van der Waals surface area (Å²) >= 11 is 0. The van der Waals surface area contributed by atoms with Gasteiger partial charge in [-0.25, -0.2) is 8.42 Å². The largest absolute Gasteiger partial charge is 0.388 e. The van der Waals surface area contributed by atoms with Crippen molar-refractivity contribution in [1.82, 2.24) is 0 Å².